The first-order valence-electron chi connectivity index (χ1n) is 7.25. The number of rotatable bonds is 5. The normalized spacial score (nSPS) is 16.4. The Balaban J connectivity index is 2.22. The van der Waals surface area contributed by atoms with E-state index >= 15 is 0 Å². The Morgan fingerprint density at radius 2 is 1.86 bits per heavy atom. The Labute approximate surface area is 129 Å². The third kappa shape index (κ3) is 2.95. The largest absolute Gasteiger partial charge is 0.480 e. The minimum atomic E-state index is -1.10. The van der Waals surface area contributed by atoms with Gasteiger partial charge in [0.25, 0.3) is 5.91 Å². The molecule has 0 bridgehead atoms. The van der Waals surface area contributed by atoms with Gasteiger partial charge in [0, 0.05) is 12.1 Å². The van der Waals surface area contributed by atoms with Crippen molar-refractivity contribution < 1.29 is 19.5 Å². The highest BCUT2D eigenvalue weighted by Gasteiger charge is 2.38. The molecule has 2 rings (SSSR count). The Morgan fingerprint density at radius 3 is 2.41 bits per heavy atom. The molecule has 118 valence electrons. The van der Waals surface area contributed by atoms with Crippen LogP contribution in [0.3, 0.4) is 0 Å². The van der Waals surface area contributed by atoms with Crippen molar-refractivity contribution in [2.75, 3.05) is 0 Å². The third-order valence-corrected chi connectivity index (χ3v) is 3.81. The Morgan fingerprint density at radius 1 is 1.23 bits per heavy atom. The summed E-state index contributed by atoms with van der Waals surface area (Å²) in [6, 6.07) is 5.56. The van der Waals surface area contributed by atoms with Crippen LogP contribution in [0.1, 0.15) is 36.7 Å². The molecule has 0 aliphatic carbocycles. The topological polar surface area (TPSA) is 86.7 Å². The maximum absolute atomic E-state index is 12.5. The van der Waals surface area contributed by atoms with E-state index in [4.69, 9.17) is 5.11 Å². The summed E-state index contributed by atoms with van der Waals surface area (Å²) < 4.78 is 0. The first kappa shape index (κ1) is 16.0. The number of carbonyl (C=O) groups excluding carboxylic acids is 2. The number of benzene rings is 1. The predicted octanol–water partition coefficient (Wildman–Crippen LogP) is 1.26. The second kappa shape index (κ2) is 6.17. The van der Waals surface area contributed by atoms with Crippen LogP contribution >= 0.6 is 0 Å². The average Bonchev–Trinajstić information content (AvgIpc) is 2.76. The molecular weight excluding hydrogens is 284 g/mol. The standard InChI is InChI=1S/C16H20N2O4/c1-9(2)13(14(19)17-10(3)16(21)22)18-8-11-6-4-5-7-12(11)15(18)20/h4-7,9-10,13H,8H2,1-3H3,(H,17,19)(H,21,22)/t10-,13-/m0/s1. The number of fused-ring (bicyclic) bond motifs is 1. The number of hydrogen-bond acceptors (Lipinski definition) is 3. The molecule has 0 aromatic heterocycles. The molecule has 0 radical (unpaired) electrons. The Hall–Kier alpha value is -2.37. The highest BCUT2D eigenvalue weighted by molar-refractivity contribution is 6.01. The van der Waals surface area contributed by atoms with Crippen molar-refractivity contribution >= 4 is 17.8 Å². The lowest BCUT2D eigenvalue weighted by atomic mass is 10.0. The van der Waals surface area contributed by atoms with Crippen molar-refractivity contribution in [2.24, 2.45) is 5.92 Å². The summed E-state index contributed by atoms with van der Waals surface area (Å²) >= 11 is 0. The molecule has 0 saturated heterocycles. The summed E-state index contributed by atoms with van der Waals surface area (Å²) in [4.78, 5) is 37.3. The lowest BCUT2D eigenvalue weighted by Gasteiger charge is -2.30. The fourth-order valence-electron chi connectivity index (χ4n) is 2.67. The van der Waals surface area contributed by atoms with Crippen LogP contribution < -0.4 is 5.32 Å². The summed E-state index contributed by atoms with van der Waals surface area (Å²) in [6.07, 6.45) is 0. The quantitative estimate of drug-likeness (QED) is 0.857. The Bertz CT molecular complexity index is 612. The van der Waals surface area contributed by atoms with Crippen molar-refractivity contribution in [3.8, 4) is 0 Å². The zero-order chi connectivity index (χ0) is 16.4. The van der Waals surface area contributed by atoms with Gasteiger partial charge in [-0.05, 0) is 24.5 Å². The molecule has 6 heteroatoms. The molecule has 0 unspecified atom stereocenters. The van der Waals surface area contributed by atoms with E-state index < -0.39 is 24.0 Å². The van der Waals surface area contributed by atoms with Gasteiger partial charge in [-0.2, -0.15) is 0 Å². The highest BCUT2D eigenvalue weighted by atomic mass is 16.4. The van der Waals surface area contributed by atoms with Gasteiger partial charge in [0.05, 0.1) is 0 Å². The van der Waals surface area contributed by atoms with E-state index in [-0.39, 0.29) is 11.8 Å². The van der Waals surface area contributed by atoms with Gasteiger partial charge in [0.15, 0.2) is 0 Å². The molecule has 22 heavy (non-hydrogen) atoms. The molecular formula is C16H20N2O4. The summed E-state index contributed by atoms with van der Waals surface area (Å²) in [6.45, 7) is 5.45. The molecule has 1 aromatic rings. The van der Waals surface area contributed by atoms with Crippen LogP contribution in [0, 0.1) is 5.92 Å². The molecule has 0 spiro atoms. The molecule has 2 N–H and O–H groups in total. The first-order chi connectivity index (χ1) is 10.3. The van der Waals surface area contributed by atoms with Gasteiger partial charge in [-0.25, -0.2) is 0 Å². The fourth-order valence-corrected chi connectivity index (χ4v) is 2.67. The molecule has 0 saturated carbocycles. The molecule has 0 fully saturated rings. The van der Waals surface area contributed by atoms with Gasteiger partial charge in [0.2, 0.25) is 5.91 Å². The number of nitrogens with one attached hydrogen (secondary N) is 1. The van der Waals surface area contributed by atoms with Gasteiger partial charge < -0.3 is 15.3 Å². The van der Waals surface area contributed by atoms with Gasteiger partial charge in [0.1, 0.15) is 12.1 Å². The summed E-state index contributed by atoms with van der Waals surface area (Å²) in [5.74, 6) is -1.86. The minimum Gasteiger partial charge on any atom is -0.480 e. The second-order valence-electron chi connectivity index (χ2n) is 5.85. The van der Waals surface area contributed by atoms with Crippen molar-refractivity contribution in [3.05, 3.63) is 35.4 Å². The van der Waals surface area contributed by atoms with E-state index in [9.17, 15) is 14.4 Å². The number of carboxylic acids is 1. The van der Waals surface area contributed by atoms with Crippen molar-refractivity contribution in [1.82, 2.24) is 10.2 Å². The van der Waals surface area contributed by atoms with Gasteiger partial charge in [-0.15, -0.1) is 0 Å². The van der Waals surface area contributed by atoms with E-state index in [1.54, 1.807) is 12.1 Å². The number of nitrogens with zero attached hydrogens (tertiary/aromatic N) is 1. The monoisotopic (exact) mass is 304 g/mol. The van der Waals surface area contributed by atoms with E-state index in [0.717, 1.165) is 5.56 Å². The summed E-state index contributed by atoms with van der Waals surface area (Å²) in [5.41, 5.74) is 1.49. The van der Waals surface area contributed by atoms with Crippen molar-refractivity contribution in [1.29, 1.82) is 0 Å². The van der Waals surface area contributed by atoms with E-state index in [0.29, 0.717) is 12.1 Å². The fraction of sp³-hybridized carbons (Fsp3) is 0.438. The van der Waals surface area contributed by atoms with Gasteiger partial charge in [-0.1, -0.05) is 32.0 Å². The van der Waals surface area contributed by atoms with Gasteiger partial charge >= 0.3 is 5.97 Å². The maximum atomic E-state index is 12.5. The van der Waals surface area contributed by atoms with Crippen LogP contribution in [0.2, 0.25) is 0 Å². The molecule has 2 atom stereocenters. The van der Waals surface area contributed by atoms with E-state index in [2.05, 4.69) is 5.32 Å². The lowest BCUT2D eigenvalue weighted by Crippen LogP contribution is -2.53. The van der Waals surface area contributed by atoms with Crippen LogP contribution in [0.15, 0.2) is 24.3 Å². The zero-order valence-electron chi connectivity index (χ0n) is 12.9. The average molecular weight is 304 g/mol. The summed E-state index contributed by atoms with van der Waals surface area (Å²) in [7, 11) is 0. The smallest absolute Gasteiger partial charge is 0.325 e. The number of amides is 2. The first-order valence-corrected chi connectivity index (χ1v) is 7.25. The van der Waals surface area contributed by atoms with E-state index in [1.807, 2.05) is 26.0 Å². The summed E-state index contributed by atoms with van der Waals surface area (Å²) in [5, 5.41) is 11.4. The van der Waals surface area contributed by atoms with Crippen LogP contribution in [0.25, 0.3) is 0 Å². The molecule has 6 nitrogen and oxygen atoms in total. The zero-order valence-corrected chi connectivity index (χ0v) is 12.9. The SMILES string of the molecule is CC(C)[C@@H](C(=O)N[C@@H](C)C(=O)O)N1Cc2ccccc2C1=O. The van der Waals surface area contributed by atoms with Crippen LogP contribution in [0.5, 0.6) is 0 Å². The second-order valence-corrected chi connectivity index (χ2v) is 5.85. The number of carboxylic acid groups (broad SMARTS) is 1. The number of aliphatic carboxylic acids is 1. The van der Waals surface area contributed by atoms with Crippen LogP contribution in [-0.2, 0) is 16.1 Å². The van der Waals surface area contributed by atoms with Crippen LogP contribution in [-0.4, -0.2) is 39.9 Å². The van der Waals surface area contributed by atoms with Crippen LogP contribution in [0.4, 0.5) is 0 Å². The van der Waals surface area contributed by atoms with Gasteiger partial charge in [-0.3, -0.25) is 14.4 Å². The minimum absolute atomic E-state index is 0.126. The Kier molecular flexibility index (Phi) is 4.49. The van der Waals surface area contributed by atoms with Crippen molar-refractivity contribution in [2.45, 2.75) is 39.4 Å². The maximum Gasteiger partial charge on any atom is 0.325 e. The molecule has 1 heterocycles. The highest BCUT2D eigenvalue weighted by Crippen LogP contribution is 2.27. The van der Waals surface area contributed by atoms with E-state index in [1.165, 1.54) is 11.8 Å². The third-order valence-electron chi connectivity index (χ3n) is 3.81. The van der Waals surface area contributed by atoms with Crippen molar-refractivity contribution in [3.63, 3.8) is 0 Å². The molecule has 1 aliphatic rings. The lowest BCUT2D eigenvalue weighted by molar-refractivity contribution is -0.142. The number of carbonyl (C=O) groups is 3. The molecule has 1 aromatic carbocycles. The molecule has 2 amide bonds. The predicted molar refractivity (Wildman–Crippen MR) is 80.2 cm³/mol. The molecule has 1 aliphatic heterocycles. The number of hydrogen-bond donors (Lipinski definition) is 2.